The van der Waals surface area contributed by atoms with Gasteiger partial charge in [-0.05, 0) is 25.0 Å². The zero-order valence-corrected chi connectivity index (χ0v) is 10.2. The highest BCUT2D eigenvalue weighted by Gasteiger charge is 2.26. The van der Waals surface area contributed by atoms with Gasteiger partial charge in [0.15, 0.2) is 0 Å². The summed E-state index contributed by atoms with van der Waals surface area (Å²) in [6, 6.07) is 3.42. The van der Waals surface area contributed by atoms with E-state index >= 15 is 0 Å². The number of halogens is 1. The molecular weight excluding hydrogens is 282 g/mol. The third kappa shape index (κ3) is 3.44. The molecule has 15 heavy (non-hydrogen) atoms. The van der Waals surface area contributed by atoms with E-state index in [0.717, 1.165) is 17.3 Å². The van der Waals surface area contributed by atoms with Gasteiger partial charge in [0, 0.05) is 16.7 Å². The number of hydrogen-bond acceptors (Lipinski definition) is 3. The zero-order valence-electron chi connectivity index (χ0n) is 7.77. The Morgan fingerprint density at radius 1 is 1.47 bits per heavy atom. The van der Waals surface area contributed by atoms with Crippen LogP contribution < -0.4 is 9.44 Å². The van der Waals surface area contributed by atoms with Gasteiger partial charge in [-0.25, -0.2) is 4.98 Å². The Morgan fingerprint density at radius 3 is 2.80 bits per heavy atom. The number of aromatic nitrogens is 1. The van der Waals surface area contributed by atoms with Crippen LogP contribution in [-0.2, 0) is 10.2 Å². The van der Waals surface area contributed by atoms with Crippen molar-refractivity contribution in [2.75, 3.05) is 4.72 Å². The third-order valence-corrected chi connectivity index (χ3v) is 3.47. The van der Waals surface area contributed by atoms with Gasteiger partial charge in [-0.1, -0.05) is 15.9 Å². The molecule has 0 aromatic carbocycles. The number of pyridine rings is 1. The molecule has 82 valence electrons. The highest BCUT2D eigenvalue weighted by molar-refractivity contribution is 9.10. The monoisotopic (exact) mass is 291 g/mol. The van der Waals surface area contributed by atoms with Crippen molar-refractivity contribution in [1.82, 2.24) is 9.71 Å². The first kappa shape index (κ1) is 10.8. The number of rotatable bonds is 4. The van der Waals surface area contributed by atoms with E-state index in [4.69, 9.17) is 0 Å². The molecule has 1 fully saturated rings. The average Bonchev–Trinajstić information content (AvgIpc) is 2.86. The molecule has 0 saturated heterocycles. The van der Waals surface area contributed by atoms with E-state index < -0.39 is 10.2 Å². The normalized spacial score (nSPS) is 16.3. The van der Waals surface area contributed by atoms with E-state index in [9.17, 15) is 8.42 Å². The molecule has 0 amide bonds. The molecule has 0 bridgehead atoms. The highest BCUT2D eigenvalue weighted by Crippen LogP contribution is 2.20. The highest BCUT2D eigenvalue weighted by atomic mass is 79.9. The summed E-state index contributed by atoms with van der Waals surface area (Å²) in [7, 11) is -3.47. The van der Waals surface area contributed by atoms with Gasteiger partial charge in [-0.3, -0.25) is 4.72 Å². The summed E-state index contributed by atoms with van der Waals surface area (Å²) >= 11 is 3.24. The summed E-state index contributed by atoms with van der Waals surface area (Å²) in [5.74, 6) is 0.303. The van der Waals surface area contributed by atoms with Crippen LogP contribution in [0.1, 0.15) is 12.8 Å². The fraction of sp³-hybridized carbons (Fsp3) is 0.375. The van der Waals surface area contributed by atoms with Crippen molar-refractivity contribution < 1.29 is 8.42 Å². The molecule has 1 aliphatic rings. The number of nitrogens with one attached hydrogen (secondary N) is 2. The van der Waals surface area contributed by atoms with Gasteiger partial charge < -0.3 is 0 Å². The summed E-state index contributed by atoms with van der Waals surface area (Å²) in [5, 5.41) is 0. The fourth-order valence-corrected chi connectivity index (χ4v) is 2.50. The standard InChI is InChI=1S/C8H10BrN3O2S/c9-6-3-4-10-8(5-6)12-15(13,14)11-7-1-2-7/h3-5,7,11H,1-2H2,(H,10,12). The van der Waals surface area contributed by atoms with Crippen molar-refractivity contribution in [3.63, 3.8) is 0 Å². The van der Waals surface area contributed by atoms with Crippen LogP contribution in [0.15, 0.2) is 22.8 Å². The fourth-order valence-electron chi connectivity index (χ4n) is 1.05. The van der Waals surface area contributed by atoms with Crippen LogP contribution >= 0.6 is 15.9 Å². The molecule has 0 spiro atoms. The molecule has 0 unspecified atom stereocenters. The molecule has 1 saturated carbocycles. The molecule has 1 aromatic rings. The van der Waals surface area contributed by atoms with E-state index in [-0.39, 0.29) is 6.04 Å². The van der Waals surface area contributed by atoms with Crippen LogP contribution in [0.3, 0.4) is 0 Å². The maximum absolute atomic E-state index is 11.5. The van der Waals surface area contributed by atoms with E-state index in [1.165, 1.54) is 6.20 Å². The maximum atomic E-state index is 11.5. The number of hydrogen-bond donors (Lipinski definition) is 2. The van der Waals surface area contributed by atoms with Gasteiger partial charge in [0.25, 0.3) is 0 Å². The number of anilines is 1. The van der Waals surface area contributed by atoms with Crippen LogP contribution in [0.5, 0.6) is 0 Å². The lowest BCUT2D eigenvalue weighted by atomic mass is 10.5. The predicted molar refractivity (Wildman–Crippen MR) is 60.6 cm³/mol. The molecule has 1 aliphatic carbocycles. The van der Waals surface area contributed by atoms with Gasteiger partial charge in [0.2, 0.25) is 0 Å². The average molecular weight is 292 g/mol. The summed E-state index contributed by atoms with van der Waals surface area (Å²) in [5.41, 5.74) is 0. The summed E-state index contributed by atoms with van der Waals surface area (Å²) in [4.78, 5) is 3.89. The Hall–Kier alpha value is -0.660. The van der Waals surface area contributed by atoms with Gasteiger partial charge in [0.1, 0.15) is 5.82 Å². The molecule has 5 nitrogen and oxygen atoms in total. The van der Waals surface area contributed by atoms with Crippen LogP contribution in [0.4, 0.5) is 5.82 Å². The van der Waals surface area contributed by atoms with Crippen molar-refractivity contribution in [2.45, 2.75) is 18.9 Å². The lowest BCUT2D eigenvalue weighted by molar-refractivity contribution is 0.586. The van der Waals surface area contributed by atoms with Gasteiger partial charge in [0.05, 0.1) is 0 Å². The lowest BCUT2D eigenvalue weighted by Gasteiger charge is -2.07. The van der Waals surface area contributed by atoms with E-state index in [0.29, 0.717) is 5.82 Å². The molecule has 7 heteroatoms. The predicted octanol–water partition coefficient (Wildman–Crippen LogP) is 1.25. The molecule has 0 atom stereocenters. The Kier molecular flexibility index (Phi) is 2.94. The van der Waals surface area contributed by atoms with E-state index in [1.54, 1.807) is 12.1 Å². The quantitative estimate of drug-likeness (QED) is 0.877. The van der Waals surface area contributed by atoms with Crippen molar-refractivity contribution >= 4 is 32.0 Å². The van der Waals surface area contributed by atoms with Gasteiger partial charge in [-0.15, -0.1) is 0 Å². The molecule has 2 rings (SSSR count). The summed E-state index contributed by atoms with van der Waals surface area (Å²) < 4.78 is 28.6. The Bertz CT molecular complexity index is 459. The topological polar surface area (TPSA) is 71.1 Å². The molecule has 0 radical (unpaired) electrons. The van der Waals surface area contributed by atoms with Gasteiger partial charge >= 0.3 is 10.2 Å². The molecule has 2 N–H and O–H groups in total. The Labute approximate surface area is 96.6 Å². The first-order chi connectivity index (χ1) is 7.05. The molecule has 1 heterocycles. The summed E-state index contributed by atoms with van der Waals surface area (Å²) in [6.45, 7) is 0. The minimum absolute atomic E-state index is 0.0923. The minimum Gasteiger partial charge on any atom is -0.255 e. The third-order valence-electron chi connectivity index (χ3n) is 1.86. The zero-order chi connectivity index (χ0) is 10.9. The molecule has 1 aromatic heterocycles. The maximum Gasteiger partial charge on any atom is 0.300 e. The second-order valence-corrected chi connectivity index (χ2v) is 5.72. The van der Waals surface area contributed by atoms with Crippen LogP contribution in [0.2, 0.25) is 0 Å². The van der Waals surface area contributed by atoms with E-state index in [1.807, 2.05) is 0 Å². The first-order valence-corrected chi connectivity index (χ1v) is 6.74. The van der Waals surface area contributed by atoms with Crippen molar-refractivity contribution in [3.8, 4) is 0 Å². The molecular formula is C8H10BrN3O2S. The number of nitrogens with zero attached hydrogens (tertiary/aromatic N) is 1. The lowest BCUT2D eigenvalue weighted by Crippen LogP contribution is -2.32. The van der Waals surface area contributed by atoms with Crippen LogP contribution in [-0.4, -0.2) is 19.4 Å². The Morgan fingerprint density at radius 2 is 2.20 bits per heavy atom. The van der Waals surface area contributed by atoms with E-state index in [2.05, 4.69) is 30.4 Å². The largest absolute Gasteiger partial charge is 0.300 e. The second-order valence-electron chi connectivity index (χ2n) is 3.36. The van der Waals surface area contributed by atoms with Gasteiger partial charge in [-0.2, -0.15) is 13.1 Å². The smallest absolute Gasteiger partial charge is 0.255 e. The Balaban J connectivity index is 2.06. The van der Waals surface area contributed by atoms with Crippen molar-refractivity contribution in [3.05, 3.63) is 22.8 Å². The SMILES string of the molecule is O=S(=O)(Nc1cc(Br)ccn1)NC1CC1. The van der Waals surface area contributed by atoms with Crippen LogP contribution in [0, 0.1) is 0 Å². The van der Waals surface area contributed by atoms with Crippen LogP contribution in [0.25, 0.3) is 0 Å². The van der Waals surface area contributed by atoms with Crippen molar-refractivity contribution in [2.24, 2.45) is 0 Å². The second kappa shape index (κ2) is 4.07. The first-order valence-electron chi connectivity index (χ1n) is 4.47. The molecule has 0 aliphatic heterocycles. The van der Waals surface area contributed by atoms with Crippen molar-refractivity contribution in [1.29, 1.82) is 0 Å². The minimum atomic E-state index is -3.47. The summed E-state index contributed by atoms with van der Waals surface area (Å²) in [6.07, 6.45) is 3.35.